The maximum Gasteiger partial charge on any atom is 0.135 e. The lowest BCUT2D eigenvalue weighted by Gasteiger charge is -2.15. The third kappa shape index (κ3) is 3.57. The van der Waals surface area contributed by atoms with Gasteiger partial charge in [0.2, 0.25) is 0 Å². The molecule has 0 aliphatic heterocycles. The second kappa shape index (κ2) is 7.17. The van der Waals surface area contributed by atoms with Crippen molar-refractivity contribution in [2.45, 2.75) is 0 Å². The molecule has 5 nitrogen and oxygen atoms in total. The number of nitrogen functional groups attached to an aromatic ring is 2. The first-order valence-electron chi connectivity index (χ1n) is 8.48. The smallest absolute Gasteiger partial charge is 0.135 e. The molecule has 0 saturated heterocycles. The minimum atomic E-state index is 0.658. The molecule has 0 aliphatic carbocycles. The third-order valence-electron chi connectivity index (χ3n) is 4.17. The quantitative estimate of drug-likeness (QED) is 0.516. The van der Waals surface area contributed by atoms with E-state index in [2.05, 4.69) is 9.97 Å². The van der Waals surface area contributed by atoms with Crippen molar-refractivity contribution in [3.63, 3.8) is 0 Å². The number of hydrogen-bond donors (Lipinski definition) is 2. The maximum absolute atomic E-state index is 6.29. The molecule has 0 aliphatic rings. The number of rotatable bonds is 4. The third-order valence-corrected chi connectivity index (χ3v) is 4.17. The van der Waals surface area contributed by atoms with E-state index >= 15 is 0 Å². The zero-order valence-corrected chi connectivity index (χ0v) is 14.5. The Hall–Kier alpha value is -3.86. The molecule has 4 N–H and O–H groups in total. The molecule has 132 valence electrons. The summed E-state index contributed by atoms with van der Waals surface area (Å²) in [6.07, 6.45) is 7.03. The van der Waals surface area contributed by atoms with E-state index in [1.165, 1.54) is 0 Å². The van der Waals surface area contributed by atoms with Gasteiger partial charge >= 0.3 is 0 Å². The van der Waals surface area contributed by atoms with Crippen LogP contribution in [0.25, 0.3) is 22.3 Å². The fourth-order valence-electron chi connectivity index (χ4n) is 2.89. The highest BCUT2D eigenvalue weighted by Gasteiger charge is 2.13. The van der Waals surface area contributed by atoms with Crippen LogP contribution in [0.4, 0.5) is 11.4 Å². The van der Waals surface area contributed by atoms with Crippen molar-refractivity contribution >= 4 is 11.4 Å². The number of benzene rings is 2. The molecule has 0 fully saturated rings. The fourth-order valence-corrected chi connectivity index (χ4v) is 2.89. The molecule has 0 spiro atoms. The normalized spacial score (nSPS) is 10.5. The van der Waals surface area contributed by atoms with Crippen molar-refractivity contribution in [3.05, 3.63) is 85.5 Å². The van der Waals surface area contributed by atoms with E-state index in [9.17, 15) is 0 Å². The molecule has 0 unspecified atom stereocenters. The molecule has 4 aromatic rings. The van der Waals surface area contributed by atoms with Gasteiger partial charge in [0.05, 0.1) is 0 Å². The average Bonchev–Trinajstić information content (AvgIpc) is 2.72. The maximum atomic E-state index is 6.29. The lowest BCUT2D eigenvalue weighted by atomic mass is 10.0. The number of nitrogens with two attached hydrogens (primary N) is 2. The highest BCUT2D eigenvalue weighted by molar-refractivity contribution is 5.77. The Labute approximate surface area is 157 Å². The number of anilines is 2. The molecule has 2 aromatic carbocycles. The summed E-state index contributed by atoms with van der Waals surface area (Å²) in [6.45, 7) is 0. The van der Waals surface area contributed by atoms with Gasteiger partial charge in [-0.2, -0.15) is 0 Å². The van der Waals surface area contributed by atoms with Crippen LogP contribution in [-0.4, -0.2) is 9.97 Å². The topological polar surface area (TPSA) is 87.0 Å². The van der Waals surface area contributed by atoms with E-state index in [0.717, 1.165) is 22.3 Å². The van der Waals surface area contributed by atoms with E-state index in [1.807, 2.05) is 60.7 Å². The molecule has 0 amide bonds. The highest BCUT2D eigenvalue weighted by Crippen LogP contribution is 2.39. The predicted octanol–water partition coefficient (Wildman–Crippen LogP) is 4.77. The van der Waals surface area contributed by atoms with Crippen LogP contribution in [0.3, 0.4) is 0 Å². The first-order valence-corrected chi connectivity index (χ1v) is 8.48. The Balaban J connectivity index is 1.80. The van der Waals surface area contributed by atoms with Crippen LogP contribution >= 0.6 is 0 Å². The van der Waals surface area contributed by atoms with Gasteiger partial charge in [-0.1, -0.05) is 12.1 Å². The second-order valence-corrected chi connectivity index (χ2v) is 6.10. The largest absolute Gasteiger partial charge is 0.456 e. The molecule has 2 aromatic heterocycles. The molecule has 0 radical (unpaired) electrons. The van der Waals surface area contributed by atoms with Crippen molar-refractivity contribution in [2.24, 2.45) is 0 Å². The van der Waals surface area contributed by atoms with Gasteiger partial charge < -0.3 is 16.2 Å². The molecule has 0 bridgehead atoms. The van der Waals surface area contributed by atoms with Crippen LogP contribution in [0.5, 0.6) is 11.5 Å². The van der Waals surface area contributed by atoms with Crippen LogP contribution < -0.4 is 16.2 Å². The van der Waals surface area contributed by atoms with E-state index < -0.39 is 0 Å². The van der Waals surface area contributed by atoms with E-state index in [0.29, 0.717) is 22.9 Å². The Morgan fingerprint density at radius 1 is 0.630 bits per heavy atom. The Bertz CT molecular complexity index is 979. The van der Waals surface area contributed by atoms with Crippen molar-refractivity contribution in [3.8, 4) is 33.8 Å². The summed E-state index contributed by atoms with van der Waals surface area (Å²) in [5.74, 6) is 1.37. The number of pyridine rings is 2. The summed E-state index contributed by atoms with van der Waals surface area (Å²) in [7, 11) is 0. The van der Waals surface area contributed by atoms with Gasteiger partial charge in [-0.05, 0) is 48.5 Å². The van der Waals surface area contributed by atoms with E-state index in [1.54, 1.807) is 24.8 Å². The standard InChI is InChI=1S/C22H18N4O/c23-17-5-7-21(19(11-17)15-3-1-9-25-13-15)27-22-8-6-18(24)12-20(22)16-4-2-10-26-14-16/h1-14H,23-24H2. The predicted molar refractivity (Wildman–Crippen MR) is 108 cm³/mol. The van der Waals surface area contributed by atoms with E-state index in [-0.39, 0.29) is 0 Å². The molecule has 0 saturated carbocycles. The van der Waals surface area contributed by atoms with Crippen molar-refractivity contribution in [2.75, 3.05) is 11.5 Å². The Kier molecular flexibility index (Phi) is 4.41. The SMILES string of the molecule is Nc1ccc(Oc2ccc(N)cc2-c2cccnc2)c(-c2cccnc2)c1. The first kappa shape index (κ1) is 16.6. The molecule has 5 heteroatoms. The number of nitrogens with zero attached hydrogens (tertiary/aromatic N) is 2. The van der Waals surface area contributed by atoms with E-state index in [4.69, 9.17) is 16.2 Å². The van der Waals surface area contributed by atoms with Crippen LogP contribution in [-0.2, 0) is 0 Å². The number of aromatic nitrogens is 2. The Morgan fingerprint density at radius 2 is 1.11 bits per heavy atom. The lowest BCUT2D eigenvalue weighted by Crippen LogP contribution is -1.95. The summed E-state index contributed by atoms with van der Waals surface area (Å²) in [5, 5.41) is 0. The number of hydrogen-bond acceptors (Lipinski definition) is 5. The zero-order valence-electron chi connectivity index (χ0n) is 14.5. The molecule has 27 heavy (non-hydrogen) atoms. The molecular formula is C22H18N4O. The minimum Gasteiger partial charge on any atom is -0.456 e. The zero-order chi connectivity index (χ0) is 18.6. The first-order chi connectivity index (χ1) is 13.2. The van der Waals surface area contributed by atoms with Gasteiger partial charge in [-0.3, -0.25) is 9.97 Å². The summed E-state index contributed by atoms with van der Waals surface area (Å²) >= 11 is 0. The Morgan fingerprint density at radius 3 is 1.52 bits per heavy atom. The summed E-state index contributed by atoms with van der Waals surface area (Å²) in [5.41, 5.74) is 16.9. The summed E-state index contributed by atoms with van der Waals surface area (Å²) < 4.78 is 6.29. The average molecular weight is 354 g/mol. The van der Waals surface area contributed by atoms with Crippen molar-refractivity contribution < 1.29 is 4.74 Å². The minimum absolute atomic E-state index is 0.658. The van der Waals surface area contributed by atoms with Gasteiger partial charge in [0.25, 0.3) is 0 Å². The van der Waals surface area contributed by atoms with Gasteiger partial charge in [0, 0.05) is 58.4 Å². The van der Waals surface area contributed by atoms with Crippen LogP contribution in [0, 0.1) is 0 Å². The summed E-state index contributed by atoms with van der Waals surface area (Å²) in [4.78, 5) is 8.39. The van der Waals surface area contributed by atoms with Crippen LogP contribution in [0.2, 0.25) is 0 Å². The van der Waals surface area contributed by atoms with Crippen LogP contribution in [0.15, 0.2) is 85.5 Å². The number of ether oxygens (including phenoxy) is 1. The van der Waals surface area contributed by atoms with Crippen molar-refractivity contribution in [1.82, 2.24) is 9.97 Å². The second-order valence-electron chi connectivity index (χ2n) is 6.10. The molecular weight excluding hydrogens is 336 g/mol. The highest BCUT2D eigenvalue weighted by atomic mass is 16.5. The van der Waals surface area contributed by atoms with Gasteiger partial charge in [0.15, 0.2) is 0 Å². The van der Waals surface area contributed by atoms with Gasteiger partial charge in [0.1, 0.15) is 11.5 Å². The lowest BCUT2D eigenvalue weighted by molar-refractivity contribution is 0.486. The van der Waals surface area contributed by atoms with Crippen molar-refractivity contribution in [1.29, 1.82) is 0 Å². The molecule has 0 atom stereocenters. The van der Waals surface area contributed by atoms with Gasteiger partial charge in [-0.15, -0.1) is 0 Å². The monoisotopic (exact) mass is 354 g/mol. The van der Waals surface area contributed by atoms with Crippen LogP contribution in [0.1, 0.15) is 0 Å². The van der Waals surface area contributed by atoms with Gasteiger partial charge in [-0.25, -0.2) is 0 Å². The fraction of sp³-hybridized carbons (Fsp3) is 0. The summed E-state index contributed by atoms with van der Waals surface area (Å²) in [6, 6.07) is 18.8. The molecule has 2 heterocycles. The molecule has 4 rings (SSSR count).